The van der Waals surface area contributed by atoms with E-state index in [1.54, 1.807) is 6.07 Å². The smallest absolute Gasteiger partial charge is 0.137 e. The summed E-state index contributed by atoms with van der Waals surface area (Å²) in [6.07, 6.45) is 17.2. The number of imidazole rings is 2. The molecule has 6 aromatic heterocycles. The van der Waals surface area contributed by atoms with Crippen LogP contribution in [-0.4, -0.2) is 48.2 Å². The summed E-state index contributed by atoms with van der Waals surface area (Å²) in [5.74, 6) is 3.64. The first-order valence-electron chi connectivity index (χ1n) is 32.4. The van der Waals surface area contributed by atoms with E-state index in [9.17, 15) is 5.11 Å². The maximum absolute atomic E-state index is 10.2. The van der Waals surface area contributed by atoms with Crippen molar-refractivity contribution in [2.45, 2.75) is 62.2 Å². The molecule has 95 heavy (non-hydrogen) atoms. The van der Waals surface area contributed by atoms with Gasteiger partial charge in [-0.15, -0.1) is 0 Å². The fourth-order valence-electron chi connectivity index (χ4n) is 14.9. The first kappa shape index (κ1) is 61.1. The van der Waals surface area contributed by atoms with Crippen LogP contribution in [0.1, 0.15) is 73.6 Å². The van der Waals surface area contributed by atoms with E-state index in [1.807, 2.05) is 103 Å². The predicted molar refractivity (Wildman–Crippen MR) is 400 cm³/mol. The lowest BCUT2D eigenvalue weighted by Gasteiger charge is -2.31. The van der Waals surface area contributed by atoms with Gasteiger partial charge in [0.25, 0.3) is 0 Å². The Morgan fingerprint density at radius 2 is 0.800 bits per heavy atom. The molecule has 2 fully saturated rings. The number of benzene rings is 10. The average Bonchev–Trinajstić information content (AvgIpc) is 1.62. The summed E-state index contributed by atoms with van der Waals surface area (Å²) in [6, 6.07) is 92.5. The van der Waals surface area contributed by atoms with E-state index in [0.29, 0.717) is 0 Å². The zero-order valence-electron chi connectivity index (χ0n) is 52.6. The monoisotopic (exact) mass is 1410 g/mol. The van der Waals surface area contributed by atoms with Crippen LogP contribution in [0.3, 0.4) is 0 Å². The second-order valence-electron chi connectivity index (χ2n) is 24.5. The summed E-state index contributed by atoms with van der Waals surface area (Å²) in [4.78, 5) is 20.7. The number of para-hydroxylation sites is 6. The number of phenols is 1. The molecule has 0 bridgehead atoms. The number of aromatic hydroxyl groups is 1. The molecule has 0 amide bonds. The molecular formula is C83H68BrIN8O2. The molecule has 10 nitrogen and oxygen atoms in total. The molecule has 466 valence electrons. The Labute approximate surface area is 574 Å². The van der Waals surface area contributed by atoms with Gasteiger partial charge in [-0.3, -0.25) is 18.3 Å². The predicted octanol–water partition coefficient (Wildman–Crippen LogP) is 21.8. The Hall–Kier alpha value is -10.2. The second-order valence-corrected chi connectivity index (χ2v) is 25.4. The van der Waals surface area contributed by atoms with Gasteiger partial charge in [-0.1, -0.05) is 198 Å². The van der Waals surface area contributed by atoms with Crippen molar-refractivity contribution in [1.29, 1.82) is 0 Å². The van der Waals surface area contributed by atoms with Crippen LogP contribution < -0.4 is 4.74 Å². The Morgan fingerprint density at radius 1 is 0.368 bits per heavy atom. The van der Waals surface area contributed by atoms with Gasteiger partial charge in [0.2, 0.25) is 0 Å². The van der Waals surface area contributed by atoms with Gasteiger partial charge >= 0.3 is 0 Å². The first-order chi connectivity index (χ1) is 46.9. The Balaban J connectivity index is 0.000000130. The summed E-state index contributed by atoms with van der Waals surface area (Å²) in [7, 11) is 0. The maximum Gasteiger partial charge on any atom is 0.137 e. The van der Waals surface area contributed by atoms with Gasteiger partial charge in [0.1, 0.15) is 41.5 Å². The molecule has 6 heterocycles. The molecule has 1 N–H and O–H groups in total. The number of hydrogen-bond donors (Lipinski definition) is 1. The van der Waals surface area contributed by atoms with Crippen LogP contribution in [0.2, 0.25) is 0 Å². The molecule has 0 atom stereocenters. The van der Waals surface area contributed by atoms with Crippen LogP contribution in [0.15, 0.2) is 296 Å². The fourth-order valence-corrected chi connectivity index (χ4v) is 15.3. The van der Waals surface area contributed by atoms with Gasteiger partial charge in [-0.2, -0.15) is 0 Å². The number of rotatable bonds is 10. The summed E-state index contributed by atoms with van der Waals surface area (Å²) >= 11 is 5.63. The van der Waals surface area contributed by atoms with E-state index in [-0.39, 0.29) is 16.6 Å². The maximum atomic E-state index is 10.2. The highest BCUT2D eigenvalue weighted by molar-refractivity contribution is 14.1. The van der Waals surface area contributed by atoms with Gasteiger partial charge in [0, 0.05) is 73.1 Å². The van der Waals surface area contributed by atoms with Crippen LogP contribution in [0, 0.1) is 0 Å². The number of nitrogens with zero attached hydrogens (tertiary/aromatic N) is 8. The Bertz CT molecular complexity index is 5390. The number of aromatic nitrogens is 8. The zero-order chi connectivity index (χ0) is 64.3. The Morgan fingerprint density at radius 3 is 1.33 bits per heavy atom. The quantitative estimate of drug-likeness (QED) is 0.108. The molecule has 2 aliphatic carbocycles. The largest absolute Gasteiger partial charge is 0.508 e. The van der Waals surface area contributed by atoms with E-state index >= 15 is 0 Å². The molecule has 0 unspecified atom stereocenters. The van der Waals surface area contributed by atoms with E-state index in [0.717, 1.165) is 114 Å². The number of phenolic OH excluding ortho intramolecular Hbond substituents is 1. The molecule has 12 heteroatoms. The highest BCUT2D eigenvalue weighted by Crippen LogP contribution is 2.49. The number of ether oxygens (including phenoxy) is 1. The lowest BCUT2D eigenvalue weighted by molar-refractivity contribution is 0.476. The lowest BCUT2D eigenvalue weighted by Crippen LogP contribution is -2.24. The van der Waals surface area contributed by atoms with Crippen molar-refractivity contribution in [2.24, 2.45) is 0 Å². The van der Waals surface area contributed by atoms with Crippen LogP contribution in [0.25, 0.3) is 88.7 Å². The Kier molecular flexibility index (Phi) is 17.2. The van der Waals surface area contributed by atoms with Gasteiger partial charge in [-0.05, 0) is 168 Å². The summed E-state index contributed by atoms with van der Waals surface area (Å²) in [6.45, 7) is 0. The number of alkyl halides is 1. The number of halogens is 2. The zero-order valence-corrected chi connectivity index (χ0v) is 56.3. The third-order valence-corrected chi connectivity index (χ3v) is 19.7. The van der Waals surface area contributed by atoms with Crippen molar-refractivity contribution in [3.8, 4) is 40.3 Å². The van der Waals surface area contributed by atoms with Crippen molar-refractivity contribution in [1.82, 2.24) is 38.2 Å². The number of hydrogen-bond acceptors (Lipinski definition) is 6. The minimum Gasteiger partial charge on any atom is -0.508 e. The molecule has 2 saturated carbocycles. The van der Waals surface area contributed by atoms with E-state index < -0.39 is 0 Å². The van der Waals surface area contributed by atoms with Crippen LogP contribution in [0.5, 0.6) is 17.2 Å². The van der Waals surface area contributed by atoms with Gasteiger partial charge in [0.15, 0.2) is 0 Å². The lowest BCUT2D eigenvalue weighted by atomic mass is 9.73. The van der Waals surface area contributed by atoms with E-state index in [1.165, 1.54) is 64.1 Å². The van der Waals surface area contributed by atoms with Gasteiger partial charge < -0.3 is 9.84 Å². The molecule has 0 radical (unpaired) electrons. The molecule has 16 aromatic rings. The molecule has 2 aliphatic rings. The van der Waals surface area contributed by atoms with E-state index in [4.69, 9.17) is 14.7 Å². The minimum absolute atomic E-state index is 0.0115. The topological polar surface area (TPSA) is 101 Å². The molecule has 0 aliphatic heterocycles. The van der Waals surface area contributed by atoms with Crippen LogP contribution >= 0.6 is 38.5 Å². The van der Waals surface area contributed by atoms with Crippen LogP contribution in [0.4, 0.5) is 0 Å². The number of pyridine rings is 2. The van der Waals surface area contributed by atoms with E-state index in [2.05, 4.69) is 255 Å². The van der Waals surface area contributed by atoms with Gasteiger partial charge in [-0.25, -0.2) is 19.9 Å². The van der Waals surface area contributed by atoms with Crippen molar-refractivity contribution in [3.63, 3.8) is 0 Å². The minimum atomic E-state index is 0.0115. The standard InChI is InChI=1S/C41H32N4O.C28H24N2O.C13H9BrN2.CH3I/c1-2-11-29(12-3-1)41(22-8-9-23-41)30-21-24-42-40(25-30)45-37-17-6-4-15-34(37)35-20-19-33(27-39(35)45)46-32-14-10-13-31(26-32)44-28-43-36-16-5-7-18-38(36)44;31-22-12-13-24-23-10-4-5-11-25(23)30(26(24)19-22)27-18-21(14-17-29-27)28(15-6-7-16-28)20-8-2-1-3-9-20;14-10-4-3-5-11(8-10)16-9-15-12-6-1-2-7-13(12)16;1-2/h1-7,10-21,24-28H,8-9,22-23H2;1-5,8-14,17-19,31H,6-7,15-16H2;1-9H;1H3. The second kappa shape index (κ2) is 26.7. The third kappa shape index (κ3) is 11.6. The van der Waals surface area contributed by atoms with Gasteiger partial charge in [0.05, 0.1) is 49.8 Å². The highest BCUT2D eigenvalue weighted by atomic mass is 127. The highest BCUT2D eigenvalue weighted by Gasteiger charge is 2.39. The molecule has 0 saturated heterocycles. The summed E-state index contributed by atoms with van der Waals surface area (Å²) < 4.78 is 16.3. The van der Waals surface area contributed by atoms with Crippen LogP contribution in [-0.2, 0) is 10.8 Å². The fraction of sp³-hybridized carbons (Fsp3) is 0.133. The molecule has 10 aromatic carbocycles. The van der Waals surface area contributed by atoms with Crippen molar-refractivity contribution < 1.29 is 9.84 Å². The molecular weight excluding hydrogens is 1350 g/mol. The molecule has 18 rings (SSSR count). The summed E-state index contributed by atoms with van der Waals surface area (Å²) in [5, 5.41) is 14.9. The molecule has 0 spiro atoms. The first-order valence-corrected chi connectivity index (χ1v) is 35.4. The summed E-state index contributed by atoms with van der Waals surface area (Å²) in [5.41, 5.74) is 16.1. The van der Waals surface area contributed by atoms with Crippen molar-refractivity contribution >= 4 is 104 Å². The SMILES string of the molecule is Brc1cccc(-n2cnc3ccccc32)c1.CI.Oc1ccc2c3ccccc3n(-c3cc(C4(c5ccccc5)CCCC4)ccn3)c2c1.c1ccc(C2(c3ccnc(-n4c5ccccc5c5ccc(Oc6cccc(-n7cnc8ccccc87)c6)cc54)c3)CCCC2)cc1. The van der Waals surface area contributed by atoms with Crippen molar-refractivity contribution in [2.75, 3.05) is 4.93 Å². The number of fused-ring (bicyclic) bond motifs is 8. The normalized spacial score (nSPS) is 13.9. The van der Waals surface area contributed by atoms with Crippen molar-refractivity contribution in [3.05, 3.63) is 319 Å². The average molecular weight is 1420 g/mol. The third-order valence-electron chi connectivity index (χ3n) is 19.2.